The molecule has 4 fully saturated rings. The number of benzene rings is 1. The fourth-order valence-corrected chi connectivity index (χ4v) is 11.3. The molecule has 1 aromatic carbocycles. The molecular formula is C37H53F5O4S. The number of aliphatic hydroxyl groups excluding tert-OH is 1. The van der Waals surface area contributed by atoms with Crippen LogP contribution in [0.5, 0.6) is 5.75 Å². The molecule has 0 heterocycles. The quantitative estimate of drug-likeness (QED) is 0.156. The van der Waals surface area contributed by atoms with E-state index in [2.05, 4.69) is 38.1 Å². The number of halogens is 5. The second kappa shape index (κ2) is 14.7. The van der Waals surface area contributed by atoms with Crippen LogP contribution >= 0.6 is 0 Å². The lowest BCUT2D eigenvalue weighted by molar-refractivity contribution is -0.284. The van der Waals surface area contributed by atoms with Crippen LogP contribution in [0.15, 0.2) is 24.3 Å². The van der Waals surface area contributed by atoms with Crippen LogP contribution in [0.4, 0.5) is 22.0 Å². The van der Waals surface area contributed by atoms with Crippen LogP contribution in [0.25, 0.3) is 0 Å². The summed E-state index contributed by atoms with van der Waals surface area (Å²) in [5.41, 5.74) is 1.39. The number of unbranched alkanes of at least 4 members (excludes halogenated alkanes) is 4. The second-order valence-corrected chi connectivity index (χ2v) is 17.3. The zero-order valence-electron chi connectivity index (χ0n) is 28.0. The lowest BCUT2D eigenvalue weighted by Gasteiger charge is -2.62. The van der Waals surface area contributed by atoms with Crippen molar-refractivity contribution in [2.45, 2.75) is 134 Å². The molecule has 4 aliphatic carbocycles. The Kier molecular flexibility index (Phi) is 11.5. The molecule has 0 saturated heterocycles. The minimum Gasteiger partial charge on any atom is -0.494 e. The maximum atomic E-state index is 13.0. The average molecular weight is 689 g/mol. The van der Waals surface area contributed by atoms with Gasteiger partial charge in [-0.2, -0.15) is 22.0 Å². The van der Waals surface area contributed by atoms with Crippen molar-refractivity contribution in [1.29, 1.82) is 0 Å². The highest BCUT2D eigenvalue weighted by molar-refractivity contribution is 7.84. The highest BCUT2D eigenvalue weighted by atomic mass is 32.2. The number of carbonyl (C=O) groups excluding carboxylic acids is 1. The van der Waals surface area contributed by atoms with Crippen molar-refractivity contribution in [2.75, 3.05) is 18.1 Å². The van der Waals surface area contributed by atoms with E-state index in [4.69, 9.17) is 4.74 Å². The SMILES string of the molecule is C[C@]12CCC(=O)C[C@@H]1CC[C@@H]1[C@@H]2[C@@H](c2ccc(OCCCCCCCS(=O)CCCC(F)(F)C(F)(F)F)cc2)C[C@]2(C)[C@@H](O)CC[C@@H]12. The number of hydrogen-bond acceptors (Lipinski definition) is 4. The van der Waals surface area contributed by atoms with E-state index in [1.807, 2.05) is 0 Å². The van der Waals surface area contributed by atoms with Crippen LogP contribution in [0.2, 0.25) is 0 Å². The first-order valence-corrected chi connectivity index (χ1v) is 19.4. The number of alkyl halides is 5. The zero-order chi connectivity index (χ0) is 34.0. The normalized spacial score (nSPS) is 34.8. The van der Waals surface area contributed by atoms with Gasteiger partial charge >= 0.3 is 12.1 Å². The van der Waals surface area contributed by atoms with E-state index in [9.17, 15) is 36.1 Å². The average Bonchev–Trinajstić information content (AvgIpc) is 3.31. The van der Waals surface area contributed by atoms with Crippen molar-refractivity contribution in [3.63, 3.8) is 0 Å². The number of aliphatic hydroxyl groups is 1. The van der Waals surface area contributed by atoms with Gasteiger partial charge in [0.15, 0.2) is 0 Å². The summed E-state index contributed by atoms with van der Waals surface area (Å²) in [7, 11) is -1.38. The summed E-state index contributed by atoms with van der Waals surface area (Å²) in [6, 6.07) is 8.56. The van der Waals surface area contributed by atoms with E-state index in [1.54, 1.807) is 0 Å². The molecule has 4 aliphatic rings. The van der Waals surface area contributed by atoms with Crippen LogP contribution < -0.4 is 4.74 Å². The summed E-state index contributed by atoms with van der Waals surface area (Å²) >= 11 is 0. The van der Waals surface area contributed by atoms with E-state index < -0.39 is 35.7 Å². The molecule has 1 aromatic rings. The van der Waals surface area contributed by atoms with Crippen molar-refractivity contribution in [2.24, 2.45) is 34.5 Å². The van der Waals surface area contributed by atoms with Gasteiger partial charge in [-0.3, -0.25) is 9.00 Å². The van der Waals surface area contributed by atoms with Gasteiger partial charge in [0.05, 0.1) is 12.7 Å². The number of ketones is 1. The Hall–Kier alpha value is -1.55. The minimum absolute atomic E-state index is 0.0713. The largest absolute Gasteiger partial charge is 0.494 e. The summed E-state index contributed by atoms with van der Waals surface area (Å²) in [5, 5.41) is 11.2. The first-order chi connectivity index (χ1) is 22.2. The predicted octanol–water partition coefficient (Wildman–Crippen LogP) is 9.41. The number of fused-ring (bicyclic) bond motifs is 5. The van der Waals surface area contributed by atoms with E-state index in [0.717, 1.165) is 76.4 Å². The van der Waals surface area contributed by atoms with Crippen LogP contribution in [0.3, 0.4) is 0 Å². The van der Waals surface area contributed by atoms with Crippen molar-refractivity contribution in [3.8, 4) is 5.75 Å². The first-order valence-electron chi connectivity index (χ1n) is 17.9. The number of Topliss-reactive ketones (excluding diaryl/α,β-unsaturated/α-hetero) is 1. The Bertz CT molecular complexity index is 1240. The lowest BCUT2D eigenvalue weighted by atomic mass is 9.42. The Morgan fingerprint density at radius 3 is 2.30 bits per heavy atom. The molecule has 1 N–H and O–H groups in total. The Labute approximate surface area is 279 Å². The van der Waals surface area contributed by atoms with E-state index in [1.165, 1.54) is 5.56 Å². The highest BCUT2D eigenvalue weighted by Crippen LogP contribution is 2.69. The molecule has 0 spiro atoms. The molecule has 47 heavy (non-hydrogen) atoms. The third-order valence-electron chi connectivity index (χ3n) is 12.8. The van der Waals surface area contributed by atoms with Crippen LogP contribution in [-0.4, -0.2) is 51.4 Å². The number of ether oxygens (including phenoxy) is 1. The molecule has 266 valence electrons. The molecule has 0 aliphatic heterocycles. The first kappa shape index (κ1) is 36.7. The third-order valence-corrected chi connectivity index (χ3v) is 14.2. The molecule has 4 nitrogen and oxygen atoms in total. The summed E-state index contributed by atoms with van der Waals surface area (Å²) in [6.07, 6.45) is 4.29. The highest BCUT2D eigenvalue weighted by Gasteiger charge is 2.63. The molecule has 4 saturated carbocycles. The molecule has 9 atom stereocenters. The second-order valence-electron chi connectivity index (χ2n) is 15.6. The Morgan fingerprint density at radius 2 is 1.57 bits per heavy atom. The van der Waals surface area contributed by atoms with Gasteiger partial charge in [-0.05, 0) is 116 Å². The van der Waals surface area contributed by atoms with Gasteiger partial charge in [-0.15, -0.1) is 0 Å². The third kappa shape index (κ3) is 7.94. The molecular weight excluding hydrogens is 635 g/mol. The van der Waals surface area contributed by atoms with E-state index >= 15 is 0 Å². The minimum atomic E-state index is -5.56. The fraction of sp³-hybridized carbons (Fsp3) is 0.811. The number of carbonyl (C=O) groups is 1. The maximum Gasteiger partial charge on any atom is 0.453 e. The van der Waals surface area contributed by atoms with Gasteiger partial charge in [0.1, 0.15) is 11.5 Å². The fourth-order valence-electron chi connectivity index (χ4n) is 10.1. The van der Waals surface area contributed by atoms with Gasteiger partial charge in [0, 0.05) is 41.6 Å². The van der Waals surface area contributed by atoms with E-state index in [-0.39, 0.29) is 22.7 Å². The maximum absolute atomic E-state index is 13.0. The lowest BCUT2D eigenvalue weighted by Crippen LogP contribution is -2.56. The van der Waals surface area contributed by atoms with Gasteiger partial charge in [-0.25, -0.2) is 0 Å². The molecule has 0 amide bonds. The van der Waals surface area contributed by atoms with Gasteiger partial charge in [-0.1, -0.05) is 45.2 Å². The van der Waals surface area contributed by atoms with Crippen molar-refractivity contribution in [1.82, 2.24) is 0 Å². The molecule has 0 radical (unpaired) electrons. The summed E-state index contributed by atoms with van der Waals surface area (Å²) in [4.78, 5) is 12.5. The van der Waals surface area contributed by atoms with Gasteiger partial charge in [0.25, 0.3) is 0 Å². The summed E-state index contributed by atoms with van der Waals surface area (Å²) in [6.45, 7) is 5.36. The van der Waals surface area contributed by atoms with Gasteiger partial charge in [0.2, 0.25) is 0 Å². The van der Waals surface area contributed by atoms with Crippen LogP contribution in [0.1, 0.15) is 122 Å². The smallest absolute Gasteiger partial charge is 0.453 e. The summed E-state index contributed by atoms with van der Waals surface area (Å²) < 4.78 is 80.7. The molecule has 10 heteroatoms. The molecule has 5 rings (SSSR count). The number of rotatable bonds is 14. The monoisotopic (exact) mass is 688 g/mol. The molecule has 0 aromatic heterocycles. The Balaban J connectivity index is 1.07. The topological polar surface area (TPSA) is 63.6 Å². The number of hydrogen-bond donors (Lipinski definition) is 1. The standard InChI is InChI=1S/C37H53F5O4S/c1-34-19-17-27(43)23-26(34)11-14-29-31-15-16-32(44)35(31,2)24-30(33(29)34)25-9-12-28(13-10-25)46-20-6-4-3-5-7-21-47(45)22-8-18-36(38,39)37(40,41)42/h9-10,12-13,26,29-33,44H,3-8,11,14-24H2,1-2H3/t26-,29-,30+,31-,32-,33+,34-,35-,47?/m0/s1. The van der Waals surface area contributed by atoms with Crippen LogP contribution in [-0.2, 0) is 15.6 Å². The summed E-state index contributed by atoms with van der Waals surface area (Å²) in [5.74, 6) is -0.843. The predicted molar refractivity (Wildman–Crippen MR) is 174 cm³/mol. The van der Waals surface area contributed by atoms with Crippen molar-refractivity contribution >= 4 is 16.6 Å². The van der Waals surface area contributed by atoms with Crippen molar-refractivity contribution < 1.29 is 40.8 Å². The Morgan fingerprint density at radius 1 is 0.894 bits per heavy atom. The van der Waals surface area contributed by atoms with Gasteiger partial charge < -0.3 is 9.84 Å². The molecule has 1 unspecified atom stereocenters. The van der Waals surface area contributed by atoms with Crippen molar-refractivity contribution in [3.05, 3.63) is 29.8 Å². The van der Waals surface area contributed by atoms with Crippen LogP contribution in [0, 0.1) is 34.5 Å². The zero-order valence-corrected chi connectivity index (χ0v) is 28.8. The molecule has 0 bridgehead atoms. The van der Waals surface area contributed by atoms with E-state index in [0.29, 0.717) is 60.6 Å².